The number of nitrogens with two attached hydrogens (primary N) is 1. The molecule has 1 heterocycles. The van der Waals surface area contributed by atoms with Crippen LogP contribution in [0.4, 0.5) is 4.39 Å². The van der Waals surface area contributed by atoms with Crippen LogP contribution in [0, 0.1) is 17.7 Å². The first-order chi connectivity index (χ1) is 10.2. The Morgan fingerprint density at radius 3 is 2.81 bits per heavy atom. The first kappa shape index (κ1) is 15.0. The maximum atomic E-state index is 13.9. The van der Waals surface area contributed by atoms with E-state index in [1.807, 2.05) is 12.1 Å². The maximum absolute atomic E-state index is 13.9. The fourth-order valence-electron chi connectivity index (χ4n) is 4.32. The minimum Gasteiger partial charge on any atom is -0.324 e. The molecule has 1 saturated heterocycles. The molecular formula is C18H27FN2. The van der Waals surface area contributed by atoms with Crippen LogP contribution in [0.3, 0.4) is 0 Å². The van der Waals surface area contributed by atoms with Crippen molar-refractivity contribution < 1.29 is 4.39 Å². The van der Waals surface area contributed by atoms with Gasteiger partial charge in [0.2, 0.25) is 0 Å². The normalized spacial score (nSPS) is 29.1. The molecule has 0 bridgehead atoms. The van der Waals surface area contributed by atoms with Crippen molar-refractivity contribution >= 4 is 0 Å². The van der Waals surface area contributed by atoms with Crippen LogP contribution in [-0.2, 0) is 0 Å². The van der Waals surface area contributed by atoms with Gasteiger partial charge in [-0.25, -0.2) is 4.39 Å². The van der Waals surface area contributed by atoms with Gasteiger partial charge in [0.25, 0.3) is 0 Å². The molecule has 2 fully saturated rings. The van der Waals surface area contributed by atoms with Gasteiger partial charge in [0.05, 0.1) is 0 Å². The lowest BCUT2D eigenvalue weighted by atomic mass is 9.89. The number of hydrogen-bond donors (Lipinski definition) is 1. The van der Waals surface area contributed by atoms with E-state index in [1.165, 1.54) is 44.7 Å². The molecule has 1 saturated carbocycles. The predicted octanol–water partition coefficient (Wildman–Crippen LogP) is 3.73. The lowest BCUT2D eigenvalue weighted by Gasteiger charge is -2.40. The van der Waals surface area contributed by atoms with Crippen LogP contribution in [0.1, 0.15) is 50.6 Å². The summed E-state index contributed by atoms with van der Waals surface area (Å²) in [5.74, 6) is 1.01. The Hall–Kier alpha value is -0.930. The molecule has 1 aromatic carbocycles. The molecule has 2 aliphatic rings. The molecule has 3 rings (SSSR count). The standard InChI is InChI=1S/C18H27FN2/c1-13(18(20)15-8-2-3-9-16(15)19)12-21-11-5-7-14-6-4-10-17(14)21/h2-3,8-9,13-14,17-18H,4-7,10-12,20H2,1H3. The Balaban J connectivity index is 1.65. The molecule has 1 aromatic rings. The molecule has 4 atom stereocenters. The van der Waals surface area contributed by atoms with E-state index in [4.69, 9.17) is 5.73 Å². The zero-order chi connectivity index (χ0) is 14.8. The topological polar surface area (TPSA) is 29.3 Å². The molecule has 1 aliphatic heterocycles. The van der Waals surface area contributed by atoms with Gasteiger partial charge in [-0.2, -0.15) is 0 Å². The summed E-state index contributed by atoms with van der Waals surface area (Å²) in [6.07, 6.45) is 6.82. The van der Waals surface area contributed by atoms with Crippen molar-refractivity contribution in [1.29, 1.82) is 0 Å². The van der Waals surface area contributed by atoms with Gasteiger partial charge in [0.15, 0.2) is 0 Å². The van der Waals surface area contributed by atoms with Crippen LogP contribution in [-0.4, -0.2) is 24.0 Å². The van der Waals surface area contributed by atoms with Gasteiger partial charge in [-0.05, 0) is 50.1 Å². The SMILES string of the molecule is CC(CN1CCCC2CCCC21)C(N)c1ccccc1F. The Kier molecular flexibility index (Phi) is 4.60. The molecule has 3 heteroatoms. The van der Waals surface area contributed by atoms with E-state index in [2.05, 4.69) is 11.8 Å². The van der Waals surface area contributed by atoms with Crippen LogP contribution >= 0.6 is 0 Å². The molecule has 0 spiro atoms. The van der Waals surface area contributed by atoms with Crippen molar-refractivity contribution in [2.24, 2.45) is 17.6 Å². The van der Waals surface area contributed by atoms with Gasteiger partial charge in [0, 0.05) is 24.2 Å². The number of halogens is 1. The first-order valence-corrected chi connectivity index (χ1v) is 8.41. The molecule has 2 nitrogen and oxygen atoms in total. The summed E-state index contributed by atoms with van der Waals surface area (Å²) in [6, 6.07) is 7.48. The Bertz CT molecular complexity index is 476. The Morgan fingerprint density at radius 1 is 1.24 bits per heavy atom. The van der Waals surface area contributed by atoms with E-state index in [0.717, 1.165) is 18.5 Å². The quantitative estimate of drug-likeness (QED) is 0.915. The van der Waals surface area contributed by atoms with Gasteiger partial charge in [-0.1, -0.05) is 31.5 Å². The average molecular weight is 290 g/mol. The average Bonchev–Trinajstić information content (AvgIpc) is 2.96. The molecular weight excluding hydrogens is 263 g/mol. The number of fused-ring (bicyclic) bond motifs is 1. The van der Waals surface area contributed by atoms with Crippen molar-refractivity contribution in [1.82, 2.24) is 4.90 Å². The van der Waals surface area contributed by atoms with E-state index in [-0.39, 0.29) is 17.8 Å². The van der Waals surface area contributed by atoms with E-state index in [1.54, 1.807) is 6.07 Å². The minimum absolute atomic E-state index is 0.172. The zero-order valence-corrected chi connectivity index (χ0v) is 13.0. The third-order valence-electron chi connectivity index (χ3n) is 5.51. The number of nitrogens with zero attached hydrogens (tertiary/aromatic N) is 1. The summed E-state index contributed by atoms with van der Waals surface area (Å²) in [4.78, 5) is 2.63. The number of piperidine rings is 1. The van der Waals surface area contributed by atoms with Gasteiger partial charge < -0.3 is 5.73 Å². The lowest BCUT2D eigenvalue weighted by Crippen LogP contribution is -2.45. The molecule has 2 N–H and O–H groups in total. The summed E-state index contributed by atoms with van der Waals surface area (Å²) in [5, 5.41) is 0. The summed E-state index contributed by atoms with van der Waals surface area (Å²) >= 11 is 0. The third kappa shape index (κ3) is 3.14. The summed E-state index contributed by atoms with van der Waals surface area (Å²) < 4.78 is 13.9. The van der Waals surface area contributed by atoms with Gasteiger partial charge in [-0.3, -0.25) is 4.90 Å². The van der Waals surface area contributed by atoms with Gasteiger partial charge in [0.1, 0.15) is 5.82 Å². The summed E-state index contributed by atoms with van der Waals surface area (Å²) in [7, 11) is 0. The monoisotopic (exact) mass is 290 g/mol. The van der Waals surface area contributed by atoms with Crippen LogP contribution < -0.4 is 5.73 Å². The van der Waals surface area contributed by atoms with Crippen molar-refractivity contribution in [2.75, 3.05) is 13.1 Å². The highest BCUT2D eigenvalue weighted by Gasteiger charge is 2.35. The predicted molar refractivity (Wildman–Crippen MR) is 84.4 cm³/mol. The number of likely N-dealkylation sites (tertiary alicyclic amines) is 1. The molecule has 0 amide bonds. The van der Waals surface area contributed by atoms with Crippen LogP contribution in [0.5, 0.6) is 0 Å². The Morgan fingerprint density at radius 2 is 2.00 bits per heavy atom. The highest BCUT2D eigenvalue weighted by Crippen LogP contribution is 2.37. The van der Waals surface area contributed by atoms with Crippen molar-refractivity contribution in [3.8, 4) is 0 Å². The van der Waals surface area contributed by atoms with E-state index in [0.29, 0.717) is 5.56 Å². The molecule has 21 heavy (non-hydrogen) atoms. The Labute approximate surface area is 127 Å². The van der Waals surface area contributed by atoms with E-state index >= 15 is 0 Å². The smallest absolute Gasteiger partial charge is 0.127 e. The molecule has 0 aromatic heterocycles. The summed E-state index contributed by atoms with van der Waals surface area (Å²) in [6.45, 7) is 4.35. The van der Waals surface area contributed by atoms with Crippen LogP contribution in [0.15, 0.2) is 24.3 Å². The van der Waals surface area contributed by atoms with Crippen molar-refractivity contribution in [3.05, 3.63) is 35.6 Å². The number of rotatable bonds is 4. The molecule has 1 aliphatic carbocycles. The molecule has 0 radical (unpaired) electrons. The number of hydrogen-bond acceptors (Lipinski definition) is 2. The summed E-state index contributed by atoms with van der Waals surface area (Å²) in [5.41, 5.74) is 6.98. The minimum atomic E-state index is -0.215. The molecule has 116 valence electrons. The third-order valence-corrected chi connectivity index (χ3v) is 5.51. The molecule has 4 unspecified atom stereocenters. The second kappa shape index (κ2) is 6.45. The van der Waals surface area contributed by atoms with E-state index in [9.17, 15) is 4.39 Å². The fraction of sp³-hybridized carbons (Fsp3) is 0.667. The van der Waals surface area contributed by atoms with Crippen LogP contribution in [0.2, 0.25) is 0 Å². The zero-order valence-electron chi connectivity index (χ0n) is 13.0. The van der Waals surface area contributed by atoms with Gasteiger partial charge >= 0.3 is 0 Å². The first-order valence-electron chi connectivity index (χ1n) is 8.41. The highest BCUT2D eigenvalue weighted by atomic mass is 19.1. The largest absolute Gasteiger partial charge is 0.324 e. The van der Waals surface area contributed by atoms with Crippen molar-refractivity contribution in [2.45, 2.75) is 51.1 Å². The highest BCUT2D eigenvalue weighted by molar-refractivity contribution is 5.21. The van der Waals surface area contributed by atoms with E-state index < -0.39 is 0 Å². The van der Waals surface area contributed by atoms with Crippen LogP contribution in [0.25, 0.3) is 0 Å². The van der Waals surface area contributed by atoms with Crippen molar-refractivity contribution in [3.63, 3.8) is 0 Å². The lowest BCUT2D eigenvalue weighted by molar-refractivity contribution is 0.0923. The maximum Gasteiger partial charge on any atom is 0.127 e. The second-order valence-corrected chi connectivity index (χ2v) is 6.92. The second-order valence-electron chi connectivity index (χ2n) is 6.92. The van der Waals surface area contributed by atoms with Gasteiger partial charge in [-0.15, -0.1) is 0 Å². The fourth-order valence-corrected chi connectivity index (χ4v) is 4.32. The number of benzene rings is 1.